The summed E-state index contributed by atoms with van der Waals surface area (Å²) in [6, 6.07) is 0. The largest absolute Gasteiger partial charge is 0.467 e. The third kappa shape index (κ3) is 2.32. The molecule has 0 fully saturated rings. The highest BCUT2D eigenvalue weighted by Gasteiger charge is 2.34. The maximum Gasteiger partial charge on any atom is 0.340 e. The van der Waals surface area contributed by atoms with Gasteiger partial charge in [0.1, 0.15) is 0 Å². The van der Waals surface area contributed by atoms with Gasteiger partial charge in [-0.1, -0.05) is 6.08 Å². The summed E-state index contributed by atoms with van der Waals surface area (Å²) in [7, 11) is 1.14. The number of carbonyl (C=O) groups excluding carboxylic acids is 1. The molecule has 0 aliphatic rings. The topological polar surface area (TPSA) is 66.8 Å². The molecule has 4 nitrogen and oxygen atoms in total. The van der Waals surface area contributed by atoms with E-state index < -0.39 is 18.2 Å². The lowest BCUT2D eigenvalue weighted by Crippen LogP contribution is -2.42. The van der Waals surface area contributed by atoms with Crippen molar-refractivity contribution in [1.29, 1.82) is 0 Å². The first-order chi connectivity index (χ1) is 5.10. The molecule has 0 rings (SSSR count). The average Bonchev–Trinajstić information content (AvgIpc) is 2.03. The Kier molecular flexibility index (Phi) is 3.78. The van der Waals surface area contributed by atoms with Crippen molar-refractivity contribution in [3.8, 4) is 0 Å². The molecule has 11 heavy (non-hydrogen) atoms. The molecule has 64 valence electrons. The van der Waals surface area contributed by atoms with Gasteiger partial charge in [0.15, 0.2) is 5.60 Å². The van der Waals surface area contributed by atoms with Crippen molar-refractivity contribution in [1.82, 2.24) is 0 Å². The second-order valence-corrected chi connectivity index (χ2v) is 2.17. The van der Waals surface area contributed by atoms with Crippen LogP contribution >= 0.6 is 0 Å². The molecule has 0 heterocycles. The average molecular weight is 160 g/mol. The lowest BCUT2D eigenvalue weighted by molar-refractivity contribution is -0.166. The Morgan fingerprint density at radius 3 is 2.64 bits per heavy atom. The lowest BCUT2D eigenvalue weighted by Gasteiger charge is -2.20. The van der Waals surface area contributed by atoms with Crippen molar-refractivity contribution >= 4 is 5.97 Å². The molecule has 0 aromatic heterocycles. The van der Waals surface area contributed by atoms with Crippen molar-refractivity contribution in [3.63, 3.8) is 0 Å². The number of methoxy groups -OCH3 is 1. The Labute approximate surface area is 65.1 Å². The first-order valence-corrected chi connectivity index (χ1v) is 3.13. The van der Waals surface area contributed by atoms with Crippen molar-refractivity contribution in [2.24, 2.45) is 0 Å². The highest BCUT2D eigenvalue weighted by Crippen LogP contribution is 2.11. The summed E-state index contributed by atoms with van der Waals surface area (Å²) in [4.78, 5) is 10.8. The second kappa shape index (κ2) is 4.10. The van der Waals surface area contributed by atoms with Crippen LogP contribution in [0.2, 0.25) is 0 Å². The number of esters is 1. The van der Waals surface area contributed by atoms with Crippen LogP contribution in [0.4, 0.5) is 0 Å². The van der Waals surface area contributed by atoms with Crippen molar-refractivity contribution in [3.05, 3.63) is 12.7 Å². The number of hydrogen-bond acceptors (Lipinski definition) is 4. The van der Waals surface area contributed by atoms with E-state index >= 15 is 0 Å². The Hall–Kier alpha value is -0.870. The predicted octanol–water partition coefficient (Wildman–Crippen LogP) is -0.541. The van der Waals surface area contributed by atoms with Gasteiger partial charge in [0.25, 0.3) is 0 Å². The fourth-order valence-electron chi connectivity index (χ4n) is 0.641. The van der Waals surface area contributed by atoms with Crippen LogP contribution in [0.5, 0.6) is 0 Å². The van der Waals surface area contributed by atoms with Gasteiger partial charge in [0.2, 0.25) is 0 Å². The van der Waals surface area contributed by atoms with Crippen LogP contribution in [-0.4, -0.2) is 35.5 Å². The Balaban J connectivity index is 4.31. The molecule has 0 aliphatic heterocycles. The molecule has 0 amide bonds. The van der Waals surface area contributed by atoms with Gasteiger partial charge in [-0.3, -0.25) is 0 Å². The summed E-state index contributed by atoms with van der Waals surface area (Å²) in [5.41, 5.74) is -1.82. The monoisotopic (exact) mass is 160 g/mol. The Morgan fingerprint density at radius 1 is 1.82 bits per heavy atom. The molecule has 0 unspecified atom stereocenters. The first kappa shape index (κ1) is 10.1. The van der Waals surface area contributed by atoms with Crippen LogP contribution in [0, 0.1) is 0 Å². The SMILES string of the molecule is C=CC[C@](O)(CO)C(=O)OC. The number of rotatable bonds is 4. The zero-order valence-corrected chi connectivity index (χ0v) is 6.41. The summed E-state index contributed by atoms with van der Waals surface area (Å²) in [5, 5.41) is 17.9. The molecule has 0 spiro atoms. The van der Waals surface area contributed by atoms with Gasteiger partial charge in [-0.2, -0.15) is 0 Å². The maximum atomic E-state index is 10.8. The Morgan fingerprint density at radius 2 is 2.36 bits per heavy atom. The van der Waals surface area contributed by atoms with E-state index in [-0.39, 0.29) is 6.42 Å². The van der Waals surface area contributed by atoms with E-state index in [1.165, 1.54) is 6.08 Å². The zero-order chi connectivity index (χ0) is 8.91. The molecule has 4 heteroatoms. The lowest BCUT2D eigenvalue weighted by atomic mass is 10.0. The molecule has 0 saturated heterocycles. The zero-order valence-electron chi connectivity index (χ0n) is 6.41. The molecule has 0 bridgehead atoms. The van der Waals surface area contributed by atoms with Gasteiger partial charge in [-0.05, 0) is 0 Å². The number of ether oxygens (including phenoxy) is 1. The molecule has 0 radical (unpaired) electrons. The number of aliphatic hydroxyl groups is 2. The third-order valence-corrected chi connectivity index (χ3v) is 1.31. The number of aliphatic hydroxyl groups excluding tert-OH is 1. The maximum absolute atomic E-state index is 10.8. The minimum absolute atomic E-state index is 0.0177. The van der Waals surface area contributed by atoms with E-state index in [9.17, 15) is 9.90 Å². The molecule has 1 atom stereocenters. The van der Waals surface area contributed by atoms with E-state index in [4.69, 9.17) is 5.11 Å². The highest BCUT2D eigenvalue weighted by molar-refractivity contribution is 5.79. The van der Waals surface area contributed by atoms with Crippen LogP contribution in [0.3, 0.4) is 0 Å². The molecular formula is C7H12O4. The minimum Gasteiger partial charge on any atom is -0.467 e. The molecule has 2 N–H and O–H groups in total. The van der Waals surface area contributed by atoms with E-state index in [0.29, 0.717) is 0 Å². The van der Waals surface area contributed by atoms with Crippen molar-refractivity contribution in [2.45, 2.75) is 12.0 Å². The molecule has 0 aliphatic carbocycles. The predicted molar refractivity (Wildman–Crippen MR) is 38.9 cm³/mol. The van der Waals surface area contributed by atoms with E-state index in [1.54, 1.807) is 0 Å². The van der Waals surface area contributed by atoms with E-state index in [2.05, 4.69) is 11.3 Å². The van der Waals surface area contributed by atoms with Crippen molar-refractivity contribution < 1.29 is 19.7 Å². The quantitative estimate of drug-likeness (QED) is 0.428. The van der Waals surface area contributed by atoms with Crippen LogP contribution in [0.1, 0.15) is 6.42 Å². The molecule has 0 saturated carbocycles. The normalized spacial score (nSPS) is 15.2. The fourth-order valence-corrected chi connectivity index (χ4v) is 0.641. The first-order valence-electron chi connectivity index (χ1n) is 3.13. The van der Waals surface area contributed by atoms with Crippen LogP contribution in [0.25, 0.3) is 0 Å². The van der Waals surface area contributed by atoms with Gasteiger partial charge < -0.3 is 14.9 Å². The van der Waals surface area contributed by atoms with Gasteiger partial charge in [-0.15, -0.1) is 6.58 Å². The summed E-state index contributed by atoms with van der Waals surface area (Å²) < 4.78 is 4.26. The van der Waals surface area contributed by atoms with Gasteiger partial charge in [0.05, 0.1) is 13.7 Å². The summed E-state index contributed by atoms with van der Waals surface area (Å²) in [6.45, 7) is 2.67. The molecular weight excluding hydrogens is 148 g/mol. The second-order valence-electron chi connectivity index (χ2n) is 2.17. The van der Waals surface area contributed by atoms with Gasteiger partial charge in [0, 0.05) is 6.42 Å². The van der Waals surface area contributed by atoms with Crippen LogP contribution in [-0.2, 0) is 9.53 Å². The minimum atomic E-state index is -1.82. The number of carbonyl (C=O) groups is 1. The van der Waals surface area contributed by atoms with E-state index in [0.717, 1.165) is 7.11 Å². The molecule has 0 aromatic carbocycles. The van der Waals surface area contributed by atoms with Gasteiger partial charge in [-0.25, -0.2) is 4.79 Å². The van der Waals surface area contributed by atoms with Crippen molar-refractivity contribution in [2.75, 3.05) is 13.7 Å². The smallest absolute Gasteiger partial charge is 0.340 e. The number of hydrogen-bond donors (Lipinski definition) is 2. The summed E-state index contributed by atoms with van der Waals surface area (Å²) >= 11 is 0. The fraction of sp³-hybridized carbons (Fsp3) is 0.571. The van der Waals surface area contributed by atoms with Gasteiger partial charge >= 0.3 is 5.97 Å². The summed E-state index contributed by atoms with van der Waals surface area (Å²) in [5.74, 6) is -0.847. The van der Waals surface area contributed by atoms with E-state index in [1.807, 2.05) is 0 Å². The standard InChI is InChI=1S/C7H12O4/c1-3-4-7(10,5-8)6(9)11-2/h3,8,10H,1,4-5H2,2H3/t7-/m0/s1. The van der Waals surface area contributed by atoms with Crippen LogP contribution in [0.15, 0.2) is 12.7 Å². The van der Waals surface area contributed by atoms with Crippen LogP contribution < -0.4 is 0 Å². The third-order valence-electron chi connectivity index (χ3n) is 1.31. The summed E-state index contributed by atoms with van der Waals surface area (Å²) in [6.07, 6.45) is 1.32. The Bertz CT molecular complexity index is 155. The highest BCUT2D eigenvalue weighted by atomic mass is 16.5. The molecule has 0 aromatic rings.